The summed E-state index contributed by atoms with van der Waals surface area (Å²) in [5, 5.41) is 0.801. The van der Waals surface area contributed by atoms with E-state index in [0.717, 1.165) is 24.6 Å². The lowest BCUT2D eigenvalue weighted by atomic mass is 10.2. The summed E-state index contributed by atoms with van der Waals surface area (Å²) in [4.78, 5) is 21.3. The molecule has 1 aromatic heterocycles. The van der Waals surface area contributed by atoms with Crippen molar-refractivity contribution in [2.75, 3.05) is 57.2 Å². The van der Waals surface area contributed by atoms with Gasteiger partial charge in [-0.25, -0.2) is 4.98 Å². The van der Waals surface area contributed by atoms with Crippen LogP contribution < -0.4 is 10.6 Å². The van der Waals surface area contributed by atoms with Crippen LogP contribution in [0, 0.1) is 0 Å². The minimum Gasteiger partial charge on any atom is -0.382 e. The average Bonchev–Trinajstić information content (AvgIpc) is 3.16. The van der Waals surface area contributed by atoms with Crippen LogP contribution in [0.5, 0.6) is 0 Å². The van der Waals surface area contributed by atoms with E-state index in [1.165, 1.54) is 11.3 Å². The number of anilines is 2. The topological polar surface area (TPSA) is 80.9 Å². The minimum absolute atomic E-state index is 0.0694. The molecule has 3 rings (SSSR count). The summed E-state index contributed by atoms with van der Waals surface area (Å²) in [5.41, 5.74) is 5.95. The van der Waals surface area contributed by atoms with Crippen LogP contribution >= 0.6 is 11.3 Å². The third-order valence-corrected chi connectivity index (χ3v) is 5.01. The van der Waals surface area contributed by atoms with Crippen molar-refractivity contribution in [2.24, 2.45) is 0 Å². The SMILES string of the molecule is CN(C(=O)c1sc(N2CCOCC2)nc1N)C1CCOC1. The molecular formula is C13H20N4O3S. The maximum absolute atomic E-state index is 12.6. The lowest BCUT2D eigenvalue weighted by Crippen LogP contribution is -2.37. The molecular weight excluding hydrogens is 292 g/mol. The smallest absolute Gasteiger partial charge is 0.267 e. The predicted molar refractivity (Wildman–Crippen MR) is 80.9 cm³/mol. The number of carbonyl (C=O) groups excluding carboxylic acids is 1. The fraction of sp³-hybridized carbons (Fsp3) is 0.692. The molecule has 7 nitrogen and oxygen atoms in total. The van der Waals surface area contributed by atoms with Crippen molar-refractivity contribution in [2.45, 2.75) is 12.5 Å². The second-order valence-electron chi connectivity index (χ2n) is 5.24. The Labute approximate surface area is 127 Å². The van der Waals surface area contributed by atoms with Crippen LogP contribution in [0.15, 0.2) is 0 Å². The molecule has 2 aliphatic heterocycles. The van der Waals surface area contributed by atoms with Gasteiger partial charge in [-0.2, -0.15) is 0 Å². The molecule has 21 heavy (non-hydrogen) atoms. The molecule has 0 aliphatic carbocycles. The molecule has 1 amide bonds. The number of morpholine rings is 1. The first-order valence-electron chi connectivity index (χ1n) is 7.10. The summed E-state index contributed by atoms with van der Waals surface area (Å²) < 4.78 is 10.7. The lowest BCUT2D eigenvalue weighted by molar-refractivity contribution is 0.0717. The number of nitrogen functional groups attached to an aromatic ring is 1. The molecule has 0 spiro atoms. The van der Waals surface area contributed by atoms with E-state index < -0.39 is 0 Å². The number of amides is 1. The van der Waals surface area contributed by atoms with Crippen molar-refractivity contribution in [1.82, 2.24) is 9.88 Å². The number of rotatable bonds is 3. The first kappa shape index (κ1) is 14.6. The Kier molecular flexibility index (Phi) is 4.27. The van der Waals surface area contributed by atoms with Gasteiger partial charge in [-0.05, 0) is 6.42 Å². The largest absolute Gasteiger partial charge is 0.382 e. The number of aromatic nitrogens is 1. The molecule has 0 aromatic carbocycles. The van der Waals surface area contributed by atoms with Crippen molar-refractivity contribution in [3.63, 3.8) is 0 Å². The second-order valence-corrected chi connectivity index (χ2v) is 6.22. The Bertz CT molecular complexity index is 510. The molecule has 0 saturated carbocycles. The van der Waals surface area contributed by atoms with Crippen LogP contribution in [0.3, 0.4) is 0 Å². The van der Waals surface area contributed by atoms with Gasteiger partial charge in [-0.1, -0.05) is 11.3 Å². The molecule has 0 radical (unpaired) electrons. The first-order valence-corrected chi connectivity index (χ1v) is 7.92. The zero-order valence-electron chi connectivity index (χ0n) is 12.1. The molecule has 1 aromatic rings. The summed E-state index contributed by atoms with van der Waals surface area (Å²) in [6.07, 6.45) is 0.872. The van der Waals surface area contributed by atoms with E-state index in [-0.39, 0.29) is 11.9 Å². The Morgan fingerprint density at radius 1 is 1.38 bits per heavy atom. The fourth-order valence-electron chi connectivity index (χ4n) is 2.52. The number of likely N-dealkylation sites (N-methyl/N-ethyl adjacent to an activating group) is 1. The zero-order valence-corrected chi connectivity index (χ0v) is 12.9. The molecule has 3 heterocycles. The first-order chi connectivity index (χ1) is 10.2. The van der Waals surface area contributed by atoms with E-state index in [1.54, 1.807) is 11.9 Å². The standard InChI is InChI=1S/C13H20N4O3S/c1-16(9-2-5-20-8-9)12(18)10-11(14)15-13(21-10)17-3-6-19-7-4-17/h9H,2-8,14H2,1H3. The maximum atomic E-state index is 12.6. The van der Waals surface area contributed by atoms with Crippen molar-refractivity contribution < 1.29 is 14.3 Å². The van der Waals surface area contributed by atoms with Crippen LogP contribution in [-0.4, -0.2) is 68.4 Å². The van der Waals surface area contributed by atoms with Gasteiger partial charge in [0.1, 0.15) is 10.7 Å². The molecule has 0 bridgehead atoms. The van der Waals surface area contributed by atoms with Crippen LogP contribution in [0.25, 0.3) is 0 Å². The van der Waals surface area contributed by atoms with Crippen molar-refractivity contribution in [1.29, 1.82) is 0 Å². The van der Waals surface area contributed by atoms with Crippen molar-refractivity contribution >= 4 is 28.2 Å². The number of ether oxygens (including phenoxy) is 2. The van der Waals surface area contributed by atoms with E-state index in [9.17, 15) is 4.79 Å². The van der Waals surface area contributed by atoms with Gasteiger partial charge in [0, 0.05) is 26.7 Å². The Hall–Kier alpha value is -1.38. The molecule has 1 unspecified atom stereocenters. The molecule has 2 aliphatic rings. The van der Waals surface area contributed by atoms with Gasteiger partial charge in [-0.15, -0.1) is 0 Å². The fourth-order valence-corrected chi connectivity index (χ4v) is 3.54. The van der Waals surface area contributed by atoms with Crippen LogP contribution in [-0.2, 0) is 9.47 Å². The predicted octanol–water partition coefficient (Wildman–Crippen LogP) is 0.423. The normalized spacial score (nSPS) is 22.5. The van der Waals surface area contributed by atoms with E-state index in [4.69, 9.17) is 15.2 Å². The lowest BCUT2D eigenvalue weighted by Gasteiger charge is -2.26. The Morgan fingerprint density at radius 2 is 2.14 bits per heavy atom. The van der Waals surface area contributed by atoms with Crippen molar-refractivity contribution in [3.05, 3.63) is 4.88 Å². The minimum atomic E-state index is -0.0694. The van der Waals surface area contributed by atoms with Gasteiger partial charge in [-0.3, -0.25) is 4.79 Å². The summed E-state index contributed by atoms with van der Waals surface area (Å²) in [6.45, 7) is 4.24. The summed E-state index contributed by atoms with van der Waals surface area (Å²) in [7, 11) is 1.80. The third kappa shape index (κ3) is 2.97. The van der Waals surface area contributed by atoms with Crippen LogP contribution in [0.2, 0.25) is 0 Å². The monoisotopic (exact) mass is 312 g/mol. The maximum Gasteiger partial charge on any atom is 0.267 e. The van der Waals surface area contributed by atoms with Gasteiger partial charge in [0.25, 0.3) is 5.91 Å². The Balaban J connectivity index is 1.75. The van der Waals surface area contributed by atoms with Gasteiger partial charge in [0.2, 0.25) is 0 Å². The van der Waals surface area contributed by atoms with Gasteiger partial charge >= 0.3 is 0 Å². The van der Waals surface area contributed by atoms with E-state index >= 15 is 0 Å². The molecule has 2 fully saturated rings. The van der Waals surface area contributed by atoms with Crippen LogP contribution in [0.1, 0.15) is 16.1 Å². The van der Waals surface area contributed by atoms with E-state index in [0.29, 0.717) is 37.1 Å². The molecule has 116 valence electrons. The highest BCUT2D eigenvalue weighted by Gasteiger charge is 2.28. The number of nitrogens with zero attached hydrogens (tertiary/aromatic N) is 3. The van der Waals surface area contributed by atoms with Crippen LogP contribution in [0.4, 0.5) is 10.9 Å². The highest BCUT2D eigenvalue weighted by atomic mass is 32.1. The molecule has 8 heteroatoms. The summed E-state index contributed by atoms with van der Waals surface area (Å²) in [5.74, 6) is 0.247. The second kappa shape index (κ2) is 6.17. The number of hydrogen-bond donors (Lipinski definition) is 1. The quantitative estimate of drug-likeness (QED) is 0.871. The third-order valence-electron chi connectivity index (χ3n) is 3.89. The molecule has 1 atom stereocenters. The molecule has 2 N–H and O–H groups in total. The number of nitrogens with two attached hydrogens (primary N) is 1. The number of thiazole rings is 1. The van der Waals surface area contributed by atoms with Crippen molar-refractivity contribution in [3.8, 4) is 0 Å². The Morgan fingerprint density at radius 3 is 2.81 bits per heavy atom. The highest BCUT2D eigenvalue weighted by molar-refractivity contribution is 7.18. The van der Waals surface area contributed by atoms with E-state index in [2.05, 4.69) is 9.88 Å². The summed E-state index contributed by atoms with van der Waals surface area (Å²) in [6, 6.07) is 0.130. The molecule has 2 saturated heterocycles. The number of carbonyl (C=O) groups is 1. The average molecular weight is 312 g/mol. The van der Waals surface area contributed by atoms with Gasteiger partial charge < -0.3 is 25.0 Å². The highest BCUT2D eigenvalue weighted by Crippen LogP contribution is 2.30. The number of hydrogen-bond acceptors (Lipinski definition) is 7. The van der Waals surface area contributed by atoms with Gasteiger partial charge in [0.05, 0.1) is 25.9 Å². The van der Waals surface area contributed by atoms with E-state index in [1.807, 2.05) is 0 Å². The summed E-state index contributed by atoms with van der Waals surface area (Å²) >= 11 is 1.36. The van der Waals surface area contributed by atoms with Gasteiger partial charge in [0.15, 0.2) is 5.13 Å². The zero-order chi connectivity index (χ0) is 14.8.